The third-order valence-corrected chi connectivity index (χ3v) is 4.33. The van der Waals surface area contributed by atoms with Crippen molar-refractivity contribution in [2.75, 3.05) is 19.8 Å². The summed E-state index contributed by atoms with van der Waals surface area (Å²) in [7, 11) is 1.75. The van der Waals surface area contributed by atoms with E-state index in [9.17, 15) is 8.96 Å². The van der Waals surface area contributed by atoms with Crippen LogP contribution in [0.4, 0.5) is 4.39 Å². The van der Waals surface area contributed by atoms with E-state index >= 15 is 0 Å². The number of halogens is 1. The summed E-state index contributed by atoms with van der Waals surface area (Å²) in [4.78, 5) is 9.17. The SMILES string of the molecule is [B][C@@H]1O[C@@]2(CNP(=O)(O)OC2)[C@H](OPC)C1F. The lowest BCUT2D eigenvalue weighted by molar-refractivity contribution is -0.0899. The van der Waals surface area contributed by atoms with Crippen LogP contribution in [0.5, 0.6) is 0 Å². The van der Waals surface area contributed by atoms with Gasteiger partial charge in [0.25, 0.3) is 0 Å². The first-order chi connectivity index (χ1) is 7.90. The summed E-state index contributed by atoms with van der Waals surface area (Å²) in [6.07, 6.45) is -2.38. The van der Waals surface area contributed by atoms with Gasteiger partial charge in [0.2, 0.25) is 0 Å². The molecule has 0 aromatic heterocycles. The first-order valence-corrected chi connectivity index (χ1v) is 8.01. The summed E-state index contributed by atoms with van der Waals surface area (Å²) in [5, 5.41) is 2.29. The van der Waals surface area contributed by atoms with Gasteiger partial charge in [0, 0.05) is 15.4 Å². The van der Waals surface area contributed by atoms with Gasteiger partial charge >= 0.3 is 7.75 Å². The molecular formula is C7H13BFNO5P2. The largest absolute Gasteiger partial charge is 0.403 e. The van der Waals surface area contributed by atoms with Crippen molar-refractivity contribution in [1.29, 1.82) is 0 Å². The molecule has 0 amide bonds. The van der Waals surface area contributed by atoms with Gasteiger partial charge in [-0.15, -0.1) is 0 Å². The van der Waals surface area contributed by atoms with E-state index in [0.29, 0.717) is 0 Å². The second-order valence-electron chi connectivity index (χ2n) is 3.96. The van der Waals surface area contributed by atoms with Gasteiger partial charge in [0.1, 0.15) is 25.7 Å². The summed E-state index contributed by atoms with van der Waals surface area (Å²) in [5.41, 5.74) is -1.14. The maximum absolute atomic E-state index is 13.8. The number of ether oxygens (including phenoxy) is 1. The predicted molar refractivity (Wildman–Crippen MR) is 61.1 cm³/mol. The quantitative estimate of drug-likeness (QED) is 0.545. The Balaban J connectivity index is 2.16. The number of nitrogens with one attached hydrogen (secondary N) is 1. The molecule has 0 aromatic rings. The van der Waals surface area contributed by atoms with Gasteiger partial charge in [-0.2, -0.15) is 0 Å². The number of rotatable bonds is 2. The minimum Gasteiger partial charge on any atom is -0.372 e. The molecule has 0 bridgehead atoms. The van der Waals surface area contributed by atoms with Crippen LogP contribution in [0.25, 0.3) is 0 Å². The average molecular weight is 283 g/mol. The zero-order valence-corrected chi connectivity index (χ0v) is 11.0. The summed E-state index contributed by atoms with van der Waals surface area (Å²) in [6, 6.07) is -1.11. The van der Waals surface area contributed by atoms with Gasteiger partial charge < -0.3 is 14.2 Å². The fourth-order valence-electron chi connectivity index (χ4n) is 1.95. The molecule has 0 aliphatic carbocycles. The van der Waals surface area contributed by atoms with Crippen LogP contribution in [0, 0.1) is 0 Å². The average Bonchev–Trinajstić information content (AvgIpc) is 2.49. The highest BCUT2D eigenvalue weighted by atomic mass is 31.2. The molecule has 6 nitrogen and oxygen atoms in total. The molecule has 2 fully saturated rings. The van der Waals surface area contributed by atoms with Crippen LogP contribution in [-0.4, -0.2) is 56.4 Å². The van der Waals surface area contributed by atoms with Crippen LogP contribution in [0.15, 0.2) is 0 Å². The van der Waals surface area contributed by atoms with Crippen molar-refractivity contribution in [3.05, 3.63) is 0 Å². The normalized spacial score (nSPS) is 51.6. The monoisotopic (exact) mass is 283 g/mol. The Morgan fingerprint density at radius 1 is 1.76 bits per heavy atom. The topological polar surface area (TPSA) is 77.0 Å². The maximum atomic E-state index is 13.8. The van der Waals surface area contributed by atoms with Gasteiger partial charge in [-0.1, -0.05) is 0 Å². The molecule has 1 spiro atoms. The van der Waals surface area contributed by atoms with E-state index in [0.717, 1.165) is 0 Å². The molecule has 2 saturated heterocycles. The Morgan fingerprint density at radius 3 is 3.00 bits per heavy atom. The molecule has 2 heterocycles. The molecule has 2 rings (SSSR count). The highest BCUT2D eigenvalue weighted by Gasteiger charge is 2.57. The Labute approximate surface area is 101 Å². The Bertz CT molecular complexity index is 336. The van der Waals surface area contributed by atoms with Crippen LogP contribution in [0.2, 0.25) is 0 Å². The second-order valence-corrected chi connectivity index (χ2v) is 6.22. The molecule has 6 atom stereocenters. The van der Waals surface area contributed by atoms with Crippen LogP contribution in [0.1, 0.15) is 0 Å². The molecule has 2 aliphatic rings. The van der Waals surface area contributed by atoms with Crippen molar-refractivity contribution in [1.82, 2.24) is 5.09 Å². The Hall–Kier alpha value is 0.455. The minimum absolute atomic E-state index is 0.0377. The molecule has 10 heteroatoms. The van der Waals surface area contributed by atoms with Crippen molar-refractivity contribution in [3.63, 3.8) is 0 Å². The van der Waals surface area contributed by atoms with E-state index in [4.69, 9.17) is 26.5 Å². The van der Waals surface area contributed by atoms with E-state index in [1.807, 2.05) is 0 Å². The summed E-state index contributed by atoms with van der Waals surface area (Å²) in [5.74, 6) is 0. The molecule has 3 unspecified atom stereocenters. The predicted octanol–water partition coefficient (Wildman–Crippen LogP) is -0.0832. The molecule has 2 N–H and O–H groups in total. The molecule has 0 saturated carbocycles. The highest BCUT2D eigenvalue weighted by molar-refractivity contribution is 7.50. The number of hydrogen-bond acceptors (Lipinski definition) is 4. The van der Waals surface area contributed by atoms with Crippen LogP contribution in [-0.2, 0) is 18.3 Å². The molecule has 96 valence electrons. The van der Waals surface area contributed by atoms with Gasteiger partial charge in [0.05, 0.1) is 12.6 Å². The Kier molecular flexibility index (Phi) is 3.96. The second kappa shape index (κ2) is 4.85. The smallest absolute Gasteiger partial charge is 0.372 e. The van der Waals surface area contributed by atoms with Gasteiger partial charge in [0.15, 0.2) is 0 Å². The molecular weight excluding hydrogens is 270 g/mol. The zero-order valence-electron chi connectivity index (χ0n) is 9.13. The van der Waals surface area contributed by atoms with Crippen molar-refractivity contribution >= 4 is 24.4 Å². The van der Waals surface area contributed by atoms with Gasteiger partial charge in [-0.3, -0.25) is 4.52 Å². The van der Waals surface area contributed by atoms with Gasteiger partial charge in [-0.05, 0) is 6.66 Å². The molecule has 17 heavy (non-hydrogen) atoms. The van der Waals surface area contributed by atoms with Crippen molar-refractivity contribution < 1.29 is 27.6 Å². The van der Waals surface area contributed by atoms with E-state index < -0.39 is 31.6 Å². The third kappa shape index (κ3) is 2.59. The highest BCUT2D eigenvalue weighted by Crippen LogP contribution is 2.47. The maximum Gasteiger partial charge on any atom is 0.403 e. The lowest BCUT2D eigenvalue weighted by atomic mass is 9.90. The van der Waals surface area contributed by atoms with Gasteiger partial charge in [-0.25, -0.2) is 14.0 Å². The van der Waals surface area contributed by atoms with E-state index in [1.165, 1.54) is 0 Å². The summed E-state index contributed by atoms with van der Waals surface area (Å²) < 4.78 is 40.4. The van der Waals surface area contributed by atoms with Crippen LogP contribution >= 0.6 is 16.6 Å². The summed E-state index contributed by atoms with van der Waals surface area (Å²) in [6.45, 7) is 1.49. The zero-order chi connectivity index (χ0) is 12.7. The summed E-state index contributed by atoms with van der Waals surface area (Å²) >= 11 is 0. The molecule has 0 aromatic carbocycles. The van der Waals surface area contributed by atoms with Crippen molar-refractivity contribution in [3.8, 4) is 0 Å². The number of hydrogen-bond donors (Lipinski definition) is 2. The lowest BCUT2D eigenvalue weighted by Gasteiger charge is -2.38. The molecule has 2 radical (unpaired) electrons. The molecule has 2 aliphatic heterocycles. The van der Waals surface area contributed by atoms with E-state index in [1.54, 1.807) is 6.66 Å². The minimum atomic E-state index is -3.80. The van der Waals surface area contributed by atoms with Crippen LogP contribution in [0.3, 0.4) is 0 Å². The number of alkyl halides is 1. The van der Waals surface area contributed by atoms with Crippen molar-refractivity contribution in [2.24, 2.45) is 0 Å². The standard InChI is InChI=1S/C7H13BFNO5P2/c1-16-15-5-4(9)6(8)14-7(5)2-10-17(11,12)13-3-7/h4-6,16H,2-3H2,1H3,(H2,10,11,12)/t4?,5-,6-,7-/m1/s1. The van der Waals surface area contributed by atoms with E-state index in [2.05, 4.69) is 5.09 Å². The van der Waals surface area contributed by atoms with Crippen molar-refractivity contribution in [2.45, 2.75) is 23.9 Å². The fourth-order valence-corrected chi connectivity index (χ4v) is 3.50. The first kappa shape index (κ1) is 13.9. The van der Waals surface area contributed by atoms with Crippen LogP contribution < -0.4 is 5.09 Å². The third-order valence-electron chi connectivity index (χ3n) is 2.80. The van der Waals surface area contributed by atoms with E-state index in [-0.39, 0.29) is 22.0 Å². The fraction of sp³-hybridized carbons (Fsp3) is 1.00. The first-order valence-electron chi connectivity index (χ1n) is 5.02. The Morgan fingerprint density at radius 2 is 2.47 bits per heavy atom. The lowest BCUT2D eigenvalue weighted by Crippen LogP contribution is -2.55.